The Kier molecular flexibility index (Phi) is 5.68. The summed E-state index contributed by atoms with van der Waals surface area (Å²) in [7, 11) is 1.42. The number of benzene rings is 1. The number of esters is 1. The zero-order valence-electron chi connectivity index (χ0n) is 11.3. The Morgan fingerprint density at radius 1 is 1.24 bits per heavy atom. The van der Waals surface area contributed by atoms with Crippen LogP contribution >= 0.6 is 26.6 Å². The number of ether oxygens (including phenoxy) is 1. The second-order valence-electron chi connectivity index (χ2n) is 5.22. The van der Waals surface area contributed by atoms with E-state index in [9.17, 15) is 13.2 Å². The molecule has 0 atom stereocenters. The number of carbonyl (C=O) groups excluding carboxylic acids is 1. The molecular formula is C14H16BrClO4S. The first-order valence-electron chi connectivity index (χ1n) is 6.78. The van der Waals surface area contributed by atoms with Crippen LogP contribution in [0, 0.1) is 5.92 Å². The Balaban J connectivity index is 2.06. The molecule has 2 rings (SSSR count). The van der Waals surface area contributed by atoms with Crippen molar-refractivity contribution in [3.05, 3.63) is 28.2 Å². The van der Waals surface area contributed by atoms with Gasteiger partial charge in [-0.15, -0.1) is 0 Å². The van der Waals surface area contributed by atoms with E-state index in [4.69, 9.17) is 15.4 Å². The van der Waals surface area contributed by atoms with E-state index in [0.717, 1.165) is 12.8 Å². The van der Waals surface area contributed by atoms with Crippen LogP contribution in [0.1, 0.15) is 42.5 Å². The molecule has 0 amide bonds. The fraction of sp³-hybridized carbons (Fsp3) is 0.500. The van der Waals surface area contributed by atoms with E-state index in [-0.39, 0.29) is 10.5 Å². The molecule has 0 bridgehead atoms. The summed E-state index contributed by atoms with van der Waals surface area (Å²) in [5, 5.41) is 0. The fourth-order valence-electron chi connectivity index (χ4n) is 2.45. The van der Waals surface area contributed by atoms with Crippen molar-refractivity contribution < 1.29 is 17.9 Å². The van der Waals surface area contributed by atoms with E-state index in [0.29, 0.717) is 17.0 Å². The van der Waals surface area contributed by atoms with Crippen molar-refractivity contribution in [2.24, 2.45) is 5.92 Å². The Labute approximate surface area is 137 Å². The molecule has 0 N–H and O–H groups in total. The molecule has 0 unspecified atom stereocenters. The minimum Gasteiger partial charge on any atom is -0.462 e. The molecule has 1 fully saturated rings. The Hall–Kier alpha value is -0.590. The summed E-state index contributed by atoms with van der Waals surface area (Å²) in [6.07, 6.45) is 5.74. The molecule has 1 aromatic rings. The van der Waals surface area contributed by atoms with Gasteiger partial charge >= 0.3 is 5.97 Å². The van der Waals surface area contributed by atoms with Crippen LogP contribution < -0.4 is 0 Å². The van der Waals surface area contributed by atoms with Gasteiger partial charge in [0.05, 0.1) is 17.1 Å². The lowest BCUT2D eigenvalue weighted by atomic mass is 9.90. The second-order valence-corrected chi connectivity index (χ2v) is 8.70. The second kappa shape index (κ2) is 7.11. The van der Waals surface area contributed by atoms with Crippen molar-refractivity contribution in [1.29, 1.82) is 0 Å². The fourth-order valence-corrected chi connectivity index (χ4v) is 3.90. The summed E-state index contributed by atoms with van der Waals surface area (Å²) in [6.45, 7) is 0.383. The van der Waals surface area contributed by atoms with Gasteiger partial charge in [-0.25, -0.2) is 13.2 Å². The zero-order valence-corrected chi connectivity index (χ0v) is 14.5. The largest absolute Gasteiger partial charge is 0.462 e. The van der Waals surface area contributed by atoms with Crippen LogP contribution in [0.4, 0.5) is 0 Å². The van der Waals surface area contributed by atoms with Gasteiger partial charge in [-0.1, -0.05) is 35.2 Å². The molecule has 0 aliphatic heterocycles. The molecule has 0 aromatic heterocycles. The smallest absolute Gasteiger partial charge is 0.338 e. The third-order valence-electron chi connectivity index (χ3n) is 3.56. The van der Waals surface area contributed by atoms with Crippen LogP contribution in [-0.4, -0.2) is 21.0 Å². The van der Waals surface area contributed by atoms with Crippen LogP contribution in [-0.2, 0) is 13.8 Å². The van der Waals surface area contributed by atoms with E-state index < -0.39 is 15.0 Å². The van der Waals surface area contributed by atoms with Crippen LogP contribution in [0.25, 0.3) is 0 Å². The highest BCUT2D eigenvalue weighted by Gasteiger charge is 2.19. The normalized spacial score (nSPS) is 16.7. The van der Waals surface area contributed by atoms with E-state index in [1.165, 1.54) is 37.5 Å². The quantitative estimate of drug-likeness (QED) is 0.568. The Bertz CT molecular complexity index is 624. The number of halogens is 2. The average molecular weight is 396 g/mol. The summed E-state index contributed by atoms with van der Waals surface area (Å²) in [5.74, 6) is -0.116. The van der Waals surface area contributed by atoms with Gasteiger partial charge in [0.25, 0.3) is 9.05 Å². The highest BCUT2D eigenvalue weighted by molar-refractivity contribution is 9.10. The summed E-state index contributed by atoms with van der Waals surface area (Å²) in [4.78, 5) is 11.9. The molecule has 0 radical (unpaired) electrons. The average Bonchev–Trinajstić information content (AvgIpc) is 2.44. The minimum absolute atomic E-state index is 0.122. The number of carbonyl (C=O) groups is 1. The van der Waals surface area contributed by atoms with E-state index in [1.54, 1.807) is 0 Å². The SMILES string of the molecule is O=C(OCC1CCCCC1)c1cc(Br)cc(S(=O)(=O)Cl)c1. The molecule has 1 aliphatic rings. The lowest BCUT2D eigenvalue weighted by Gasteiger charge is -2.21. The lowest BCUT2D eigenvalue weighted by molar-refractivity contribution is 0.0410. The Morgan fingerprint density at radius 3 is 2.52 bits per heavy atom. The summed E-state index contributed by atoms with van der Waals surface area (Å²) in [6, 6.07) is 4.10. The molecule has 0 spiro atoms. The van der Waals surface area contributed by atoms with Gasteiger partial charge in [-0.05, 0) is 37.0 Å². The number of hydrogen-bond acceptors (Lipinski definition) is 4. The number of hydrogen-bond donors (Lipinski definition) is 0. The minimum atomic E-state index is -3.88. The summed E-state index contributed by atoms with van der Waals surface area (Å²) >= 11 is 3.17. The molecular weight excluding hydrogens is 380 g/mol. The lowest BCUT2D eigenvalue weighted by Crippen LogP contribution is -2.17. The van der Waals surface area contributed by atoms with Gasteiger partial charge in [-0.2, -0.15) is 0 Å². The predicted octanol–water partition coefficient (Wildman–Crippen LogP) is 4.11. The highest BCUT2D eigenvalue weighted by atomic mass is 79.9. The van der Waals surface area contributed by atoms with Crippen molar-refractivity contribution in [3.63, 3.8) is 0 Å². The van der Waals surface area contributed by atoms with E-state index in [2.05, 4.69) is 15.9 Å². The van der Waals surface area contributed by atoms with E-state index in [1.807, 2.05) is 0 Å². The molecule has 0 heterocycles. The van der Waals surface area contributed by atoms with Crippen LogP contribution in [0.3, 0.4) is 0 Å². The van der Waals surface area contributed by atoms with Crippen molar-refractivity contribution in [2.45, 2.75) is 37.0 Å². The maximum absolute atomic E-state index is 12.0. The van der Waals surface area contributed by atoms with Crippen molar-refractivity contribution in [1.82, 2.24) is 0 Å². The summed E-state index contributed by atoms with van der Waals surface area (Å²) < 4.78 is 28.5. The topological polar surface area (TPSA) is 60.4 Å². The molecule has 1 saturated carbocycles. The first-order chi connectivity index (χ1) is 9.86. The van der Waals surface area contributed by atoms with Gasteiger partial charge in [-0.3, -0.25) is 0 Å². The molecule has 4 nitrogen and oxygen atoms in total. The molecule has 0 saturated heterocycles. The van der Waals surface area contributed by atoms with Gasteiger partial charge in [0, 0.05) is 15.2 Å². The standard InChI is InChI=1S/C14H16BrClO4S/c15-12-6-11(7-13(8-12)21(16,18)19)14(17)20-9-10-4-2-1-3-5-10/h6-8,10H,1-5,9H2. The maximum Gasteiger partial charge on any atom is 0.338 e. The highest BCUT2D eigenvalue weighted by Crippen LogP contribution is 2.25. The van der Waals surface area contributed by atoms with E-state index >= 15 is 0 Å². The zero-order chi connectivity index (χ0) is 15.5. The van der Waals surface area contributed by atoms with Gasteiger partial charge in [0.2, 0.25) is 0 Å². The predicted molar refractivity (Wildman–Crippen MR) is 84.0 cm³/mol. The monoisotopic (exact) mass is 394 g/mol. The van der Waals surface area contributed by atoms with Gasteiger partial charge in [0.15, 0.2) is 0 Å². The van der Waals surface area contributed by atoms with Gasteiger partial charge < -0.3 is 4.74 Å². The molecule has 116 valence electrons. The molecule has 1 aromatic carbocycles. The van der Waals surface area contributed by atoms with Crippen LogP contribution in [0.5, 0.6) is 0 Å². The van der Waals surface area contributed by atoms with Crippen molar-refractivity contribution in [3.8, 4) is 0 Å². The van der Waals surface area contributed by atoms with Crippen molar-refractivity contribution >= 4 is 41.6 Å². The molecule has 21 heavy (non-hydrogen) atoms. The summed E-state index contributed by atoms with van der Waals surface area (Å²) in [5.41, 5.74) is 0.180. The van der Waals surface area contributed by atoms with Gasteiger partial charge in [0.1, 0.15) is 0 Å². The van der Waals surface area contributed by atoms with Crippen LogP contribution in [0.15, 0.2) is 27.6 Å². The van der Waals surface area contributed by atoms with Crippen molar-refractivity contribution in [2.75, 3.05) is 6.61 Å². The maximum atomic E-state index is 12.0. The third kappa shape index (κ3) is 4.97. The first kappa shape index (κ1) is 16.8. The molecule has 7 heteroatoms. The molecule has 1 aliphatic carbocycles. The Morgan fingerprint density at radius 2 is 1.90 bits per heavy atom. The third-order valence-corrected chi connectivity index (χ3v) is 5.35. The van der Waals surface area contributed by atoms with Crippen LogP contribution in [0.2, 0.25) is 0 Å². The number of rotatable bonds is 4. The first-order valence-corrected chi connectivity index (χ1v) is 9.89.